The molecule has 0 saturated carbocycles. The number of nitrogens with zero attached hydrogens (tertiary/aromatic N) is 3. The first-order chi connectivity index (χ1) is 20.8. The second-order valence-corrected chi connectivity index (χ2v) is 14.0. The highest BCUT2D eigenvalue weighted by atomic mass is 79.9. The molecule has 12 heteroatoms. The normalized spacial score (nSPS) is 11.6. The Morgan fingerprint density at radius 2 is 1.93 bits per heavy atom. The summed E-state index contributed by atoms with van der Waals surface area (Å²) in [4.78, 5) is 13.7. The number of aromatic nitrogens is 3. The number of thiazole rings is 1. The average molecular weight is 686 g/mol. The molecule has 1 N–H and O–H groups in total. The number of ether oxygens (including phenoxy) is 2. The number of aryl methyl sites for hydroxylation is 1. The molecule has 43 heavy (non-hydrogen) atoms. The Morgan fingerprint density at radius 1 is 1.05 bits per heavy atom. The van der Waals surface area contributed by atoms with E-state index in [0.717, 1.165) is 55.7 Å². The highest BCUT2D eigenvalue weighted by molar-refractivity contribution is 9.10. The van der Waals surface area contributed by atoms with Crippen LogP contribution in [0.1, 0.15) is 23.9 Å². The minimum absolute atomic E-state index is 0.0580. The molecule has 8 nitrogen and oxygen atoms in total. The smallest absolute Gasteiger partial charge is 0.152 e. The van der Waals surface area contributed by atoms with Gasteiger partial charge in [-0.05, 0) is 70.4 Å². The molecule has 2 aromatic heterocycles. The number of benzene rings is 3. The van der Waals surface area contributed by atoms with Crippen LogP contribution in [0.2, 0.25) is 0 Å². The van der Waals surface area contributed by atoms with Gasteiger partial charge in [0.15, 0.2) is 9.84 Å². The number of anilines is 2. The fourth-order valence-corrected chi connectivity index (χ4v) is 6.26. The van der Waals surface area contributed by atoms with Crippen molar-refractivity contribution in [3.8, 4) is 17.0 Å². The Morgan fingerprint density at radius 3 is 2.74 bits per heavy atom. The lowest BCUT2D eigenvalue weighted by Gasteiger charge is -2.12. The summed E-state index contributed by atoms with van der Waals surface area (Å²) in [5.74, 6) is 1.20. The Kier molecular flexibility index (Phi) is 10.3. The van der Waals surface area contributed by atoms with Crippen LogP contribution in [0.3, 0.4) is 0 Å². The van der Waals surface area contributed by atoms with E-state index in [1.54, 1.807) is 24.3 Å². The Labute approximate surface area is 262 Å². The number of rotatable bonds is 14. The first kappa shape index (κ1) is 31.0. The van der Waals surface area contributed by atoms with Gasteiger partial charge < -0.3 is 14.8 Å². The summed E-state index contributed by atoms with van der Waals surface area (Å²) in [6, 6.07) is 17.9. The second kappa shape index (κ2) is 14.3. The highest BCUT2D eigenvalue weighted by Crippen LogP contribution is 2.33. The van der Waals surface area contributed by atoms with Crippen LogP contribution in [0.4, 0.5) is 15.9 Å². The van der Waals surface area contributed by atoms with Crippen LogP contribution in [-0.4, -0.2) is 48.1 Å². The predicted molar refractivity (Wildman–Crippen MR) is 172 cm³/mol. The van der Waals surface area contributed by atoms with E-state index < -0.39 is 9.84 Å². The van der Waals surface area contributed by atoms with Crippen molar-refractivity contribution in [2.24, 2.45) is 0 Å². The number of hydrogen-bond donors (Lipinski definition) is 1. The van der Waals surface area contributed by atoms with Crippen LogP contribution in [0.5, 0.6) is 5.75 Å². The summed E-state index contributed by atoms with van der Waals surface area (Å²) in [5.41, 5.74) is 4.18. The third kappa shape index (κ3) is 8.56. The van der Waals surface area contributed by atoms with Gasteiger partial charge in [0.25, 0.3) is 0 Å². The van der Waals surface area contributed by atoms with Crippen molar-refractivity contribution in [1.29, 1.82) is 0 Å². The van der Waals surface area contributed by atoms with Crippen molar-refractivity contribution in [1.82, 2.24) is 15.0 Å². The maximum Gasteiger partial charge on any atom is 0.152 e. The number of halogens is 2. The summed E-state index contributed by atoms with van der Waals surface area (Å²) in [6.07, 6.45) is 3.05. The van der Waals surface area contributed by atoms with Crippen LogP contribution < -0.4 is 10.1 Å². The van der Waals surface area contributed by atoms with Gasteiger partial charge in [-0.1, -0.05) is 25.1 Å². The summed E-state index contributed by atoms with van der Waals surface area (Å²) in [5, 5.41) is 7.26. The minimum Gasteiger partial charge on any atom is -0.488 e. The molecule has 0 radical (unpaired) electrons. The molecule has 5 aromatic rings. The minimum atomic E-state index is -3.00. The van der Waals surface area contributed by atoms with Gasteiger partial charge in [0.2, 0.25) is 0 Å². The summed E-state index contributed by atoms with van der Waals surface area (Å²) in [7, 11) is -3.00. The molecule has 3 aromatic carbocycles. The number of nitrogens with one attached hydrogen (secondary N) is 1. The molecule has 0 fully saturated rings. The summed E-state index contributed by atoms with van der Waals surface area (Å²) < 4.78 is 48.7. The molecule has 0 amide bonds. The molecule has 0 bridgehead atoms. The Hall–Kier alpha value is -3.45. The van der Waals surface area contributed by atoms with E-state index in [1.807, 2.05) is 47.8 Å². The lowest BCUT2D eigenvalue weighted by molar-refractivity contribution is 0.146. The standard InChI is InChI=1S/C31H30BrFN4O4S2/c1-2-43(38,39)14-13-40-12-4-7-30-37-28(19-42-30)22-8-10-27-25(16-22)31(35-20-34-27)36-24-9-11-29(26(32)17-24)41-18-21-5-3-6-23(33)15-21/h3,5-6,8-11,15-17,19-20H,2,4,7,12-14,18H2,1H3,(H,34,35,36). The zero-order valence-electron chi connectivity index (χ0n) is 23.4. The van der Waals surface area contributed by atoms with Crippen molar-refractivity contribution < 1.29 is 22.3 Å². The van der Waals surface area contributed by atoms with E-state index >= 15 is 0 Å². The SMILES string of the molecule is CCS(=O)(=O)CCOCCCc1nc(-c2ccc3ncnc(Nc4ccc(OCc5cccc(F)c5)c(Br)c4)c3c2)cs1. The van der Waals surface area contributed by atoms with E-state index in [2.05, 4.69) is 31.2 Å². The van der Waals surface area contributed by atoms with Gasteiger partial charge in [-0.2, -0.15) is 0 Å². The van der Waals surface area contributed by atoms with Crippen LogP contribution in [0.25, 0.3) is 22.2 Å². The molecular weight excluding hydrogens is 655 g/mol. The number of fused-ring (bicyclic) bond motifs is 1. The quantitative estimate of drug-likeness (QED) is 0.121. The van der Waals surface area contributed by atoms with Crippen molar-refractivity contribution in [3.63, 3.8) is 0 Å². The number of sulfone groups is 1. The van der Waals surface area contributed by atoms with E-state index in [0.29, 0.717) is 18.2 Å². The van der Waals surface area contributed by atoms with E-state index in [4.69, 9.17) is 14.5 Å². The predicted octanol–water partition coefficient (Wildman–Crippen LogP) is 7.36. The Balaban J connectivity index is 1.22. The highest BCUT2D eigenvalue weighted by Gasteiger charge is 2.12. The Bertz CT molecular complexity index is 1820. The number of hydrogen-bond acceptors (Lipinski definition) is 9. The molecule has 0 saturated heterocycles. The van der Waals surface area contributed by atoms with Gasteiger partial charge in [-0.25, -0.2) is 27.8 Å². The lowest BCUT2D eigenvalue weighted by atomic mass is 10.1. The lowest BCUT2D eigenvalue weighted by Crippen LogP contribution is -2.14. The third-order valence-electron chi connectivity index (χ3n) is 6.62. The molecule has 0 aliphatic heterocycles. The topological polar surface area (TPSA) is 103 Å². The third-order valence-corrected chi connectivity index (χ3v) is 9.82. The van der Waals surface area contributed by atoms with E-state index in [9.17, 15) is 12.8 Å². The van der Waals surface area contributed by atoms with Gasteiger partial charge in [-0.3, -0.25) is 0 Å². The van der Waals surface area contributed by atoms with Crippen LogP contribution in [0, 0.1) is 5.82 Å². The zero-order chi connectivity index (χ0) is 30.2. The van der Waals surface area contributed by atoms with E-state index in [-0.39, 0.29) is 30.5 Å². The van der Waals surface area contributed by atoms with Crippen molar-refractivity contribution >= 4 is 59.5 Å². The zero-order valence-corrected chi connectivity index (χ0v) is 26.6. The van der Waals surface area contributed by atoms with Crippen LogP contribution >= 0.6 is 27.3 Å². The largest absolute Gasteiger partial charge is 0.488 e. The molecule has 2 heterocycles. The van der Waals surface area contributed by atoms with Crippen molar-refractivity contribution in [3.05, 3.63) is 93.2 Å². The summed E-state index contributed by atoms with van der Waals surface area (Å²) in [6.45, 7) is 2.61. The molecule has 0 unspecified atom stereocenters. The molecule has 0 aliphatic carbocycles. The molecule has 5 rings (SSSR count). The van der Waals surface area contributed by atoms with Gasteiger partial charge in [-0.15, -0.1) is 11.3 Å². The van der Waals surface area contributed by atoms with Gasteiger partial charge in [0, 0.05) is 40.8 Å². The summed E-state index contributed by atoms with van der Waals surface area (Å²) >= 11 is 5.16. The molecule has 0 atom stereocenters. The average Bonchev–Trinajstić information content (AvgIpc) is 3.47. The van der Waals surface area contributed by atoms with Gasteiger partial charge >= 0.3 is 0 Å². The fourth-order valence-electron chi connectivity index (χ4n) is 4.25. The van der Waals surface area contributed by atoms with Gasteiger partial charge in [0.1, 0.15) is 30.3 Å². The molecule has 0 spiro atoms. The van der Waals surface area contributed by atoms with Crippen LogP contribution in [0.15, 0.2) is 76.8 Å². The first-order valence-corrected chi connectivity index (χ1v) is 17.2. The van der Waals surface area contributed by atoms with Gasteiger partial charge in [0.05, 0.1) is 33.1 Å². The monoisotopic (exact) mass is 684 g/mol. The van der Waals surface area contributed by atoms with Crippen molar-refractivity contribution in [2.75, 3.05) is 30.0 Å². The fraction of sp³-hybridized carbons (Fsp3) is 0.258. The molecular formula is C31H30BrFN4O4S2. The molecule has 0 aliphatic rings. The van der Waals surface area contributed by atoms with Crippen molar-refractivity contribution in [2.45, 2.75) is 26.4 Å². The second-order valence-electron chi connectivity index (χ2n) is 9.72. The molecule has 224 valence electrons. The maximum atomic E-state index is 13.5. The maximum absolute atomic E-state index is 13.5. The van der Waals surface area contributed by atoms with E-state index in [1.165, 1.54) is 18.5 Å². The first-order valence-electron chi connectivity index (χ1n) is 13.7. The van der Waals surface area contributed by atoms with Crippen LogP contribution in [-0.2, 0) is 27.6 Å².